The number of carbonyl (C=O) groups is 2. The average Bonchev–Trinajstić information content (AvgIpc) is 3.18. The number of phenols is 1. The number of aliphatic carboxylic acids is 1. The molecule has 2 N–H and O–H groups in total. The Balaban J connectivity index is 2.37. The van der Waals surface area contributed by atoms with E-state index in [9.17, 15) is 19.8 Å². The van der Waals surface area contributed by atoms with E-state index in [4.69, 9.17) is 0 Å². The maximum Gasteiger partial charge on any atom is 0.331 e. The Bertz CT molecular complexity index is 602. The van der Waals surface area contributed by atoms with E-state index in [0.29, 0.717) is 29.7 Å². The summed E-state index contributed by atoms with van der Waals surface area (Å²) in [6, 6.07) is 4.61. The smallest absolute Gasteiger partial charge is 0.331 e. The molecule has 1 aromatic rings. The first kappa shape index (κ1) is 14.0. The summed E-state index contributed by atoms with van der Waals surface area (Å²) in [4.78, 5) is 26.5. The van der Waals surface area contributed by atoms with Gasteiger partial charge < -0.3 is 15.1 Å². The topological polar surface area (TPSA) is 96.2 Å². The fourth-order valence-electron chi connectivity index (χ4n) is 2.06. The van der Waals surface area contributed by atoms with Gasteiger partial charge in [0, 0.05) is 12.5 Å². The SMILES string of the molecule is CC(=O)ON=C(C)c1cc(C2(C(=O)O)CC2)ccc1O. The van der Waals surface area contributed by atoms with Crippen molar-refractivity contribution >= 4 is 17.7 Å². The van der Waals surface area contributed by atoms with Crippen molar-refractivity contribution in [2.75, 3.05) is 0 Å². The van der Waals surface area contributed by atoms with Gasteiger partial charge in [0.25, 0.3) is 0 Å². The monoisotopic (exact) mass is 277 g/mol. The molecule has 0 aromatic heterocycles. The van der Waals surface area contributed by atoms with Gasteiger partial charge in [0.2, 0.25) is 0 Å². The third kappa shape index (κ3) is 2.49. The van der Waals surface area contributed by atoms with Crippen LogP contribution in [0.4, 0.5) is 0 Å². The Morgan fingerprint density at radius 1 is 1.30 bits per heavy atom. The minimum absolute atomic E-state index is 0.0386. The Hall–Kier alpha value is -2.37. The zero-order chi connectivity index (χ0) is 14.9. The summed E-state index contributed by atoms with van der Waals surface area (Å²) in [6.07, 6.45) is 1.15. The van der Waals surface area contributed by atoms with Crippen LogP contribution in [0, 0.1) is 0 Å². The number of oxime groups is 1. The first-order valence-corrected chi connectivity index (χ1v) is 6.16. The van der Waals surface area contributed by atoms with Crippen LogP contribution < -0.4 is 0 Å². The molecule has 1 fully saturated rings. The molecule has 2 rings (SSSR count). The lowest BCUT2D eigenvalue weighted by Crippen LogP contribution is -2.19. The maximum atomic E-state index is 11.3. The van der Waals surface area contributed by atoms with Crippen LogP contribution in [0.3, 0.4) is 0 Å². The van der Waals surface area contributed by atoms with Gasteiger partial charge >= 0.3 is 11.9 Å². The Kier molecular flexibility index (Phi) is 3.48. The quantitative estimate of drug-likeness (QED) is 0.497. The van der Waals surface area contributed by atoms with Crippen molar-refractivity contribution in [2.45, 2.75) is 32.1 Å². The van der Waals surface area contributed by atoms with Gasteiger partial charge in [-0.3, -0.25) is 4.79 Å². The summed E-state index contributed by atoms with van der Waals surface area (Å²) < 4.78 is 0. The predicted octanol–water partition coefficient (Wildman–Crippen LogP) is 1.80. The lowest BCUT2D eigenvalue weighted by Gasteiger charge is -2.12. The molecule has 20 heavy (non-hydrogen) atoms. The molecular weight excluding hydrogens is 262 g/mol. The molecule has 1 aromatic carbocycles. The van der Waals surface area contributed by atoms with Gasteiger partial charge in [0.05, 0.1) is 11.1 Å². The number of carboxylic acids is 1. The number of phenolic OH excluding ortho intramolecular Hbond substituents is 1. The molecule has 0 unspecified atom stereocenters. The Morgan fingerprint density at radius 2 is 1.95 bits per heavy atom. The van der Waals surface area contributed by atoms with Crippen molar-refractivity contribution in [1.82, 2.24) is 0 Å². The number of aromatic hydroxyl groups is 1. The average molecular weight is 277 g/mol. The molecule has 1 saturated carbocycles. The van der Waals surface area contributed by atoms with Crippen molar-refractivity contribution in [3.8, 4) is 5.75 Å². The molecule has 0 aliphatic heterocycles. The van der Waals surface area contributed by atoms with E-state index in [-0.39, 0.29) is 5.75 Å². The van der Waals surface area contributed by atoms with Crippen molar-refractivity contribution in [1.29, 1.82) is 0 Å². The predicted molar refractivity (Wildman–Crippen MR) is 70.6 cm³/mol. The summed E-state index contributed by atoms with van der Waals surface area (Å²) in [7, 11) is 0. The van der Waals surface area contributed by atoms with Gasteiger partial charge in [-0.05, 0) is 37.5 Å². The van der Waals surface area contributed by atoms with Crippen molar-refractivity contribution < 1.29 is 24.6 Å². The maximum absolute atomic E-state index is 11.3. The molecule has 0 radical (unpaired) electrons. The van der Waals surface area contributed by atoms with E-state index in [1.165, 1.54) is 13.0 Å². The first-order chi connectivity index (χ1) is 9.36. The Morgan fingerprint density at radius 3 is 2.45 bits per heavy atom. The molecule has 0 bridgehead atoms. The van der Waals surface area contributed by atoms with Crippen LogP contribution in [-0.2, 0) is 19.8 Å². The van der Waals surface area contributed by atoms with Gasteiger partial charge in [-0.25, -0.2) is 4.79 Å². The summed E-state index contributed by atoms with van der Waals surface area (Å²) in [6.45, 7) is 2.79. The minimum atomic E-state index is -0.872. The van der Waals surface area contributed by atoms with Crippen LogP contribution in [0.25, 0.3) is 0 Å². The van der Waals surface area contributed by atoms with Gasteiger partial charge in [-0.15, -0.1) is 0 Å². The highest BCUT2D eigenvalue weighted by molar-refractivity contribution is 6.01. The van der Waals surface area contributed by atoms with E-state index < -0.39 is 17.4 Å². The fourth-order valence-corrected chi connectivity index (χ4v) is 2.06. The number of carboxylic acid groups (broad SMARTS) is 1. The standard InChI is InChI=1S/C14H15NO5/c1-8(15-20-9(2)16)11-7-10(3-4-12(11)17)14(5-6-14)13(18)19/h3-4,7,17H,5-6H2,1-2H3,(H,18,19). The largest absolute Gasteiger partial charge is 0.507 e. The lowest BCUT2D eigenvalue weighted by atomic mass is 9.93. The molecule has 0 heterocycles. The Labute approximate surface area is 115 Å². The zero-order valence-corrected chi connectivity index (χ0v) is 11.2. The molecule has 6 heteroatoms. The van der Waals surface area contributed by atoms with E-state index in [0.717, 1.165) is 0 Å². The van der Waals surface area contributed by atoms with E-state index in [1.54, 1.807) is 19.1 Å². The van der Waals surface area contributed by atoms with E-state index >= 15 is 0 Å². The molecule has 6 nitrogen and oxygen atoms in total. The van der Waals surface area contributed by atoms with Gasteiger partial charge in [0.15, 0.2) is 0 Å². The number of rotatable bonds is 4. The molecule has 0 saturated heterocycles. The first-order valence-electron chi connectivity index (χ1n) is 6.16. The van der Waals surface area contributed by atoms with Crippen LogP contribution in [0.1, 0.15) is 37.8 Å². The molecule has 1 aliphatic rings. The normalized spacial score (nSPS) is 16.6. The summed E-state index contributed by atoms with van der Waals surface area (Å²) >= 11 is 0. The van der Waals surface area contributed by atoms with Crippen molar-refractivity contribution in [2.24, 2.45) is 5.16 Å². The number of hydrogen-bond acceptors (Lipinski definition) is 5. The molecule has 0 amide bonds. The van der Waals surface area contributed by atoms with Gasteiger partial charge in [-0.1, -0.05) is 11.2 Å². The molecule has 106 valence electrons. The molecule has 0 spiro atoms. The lowest BCUT2D eigenvalue weighted by molar-refractivity contribution is -0.141. The van der Waals surface area contributed by atoms with Gasteiger partial charge in [-0.2, -0.15) is 0 Å². The number of carbonyl (C=O) groups excluding carboxylic acids is 1. The van der Waals surface area contributed by atoms with E-state index in [2.05, 4.69) is 9.99 Å². The second-order valence-corrected chi connectivity index (χ2v) is 4.88. The number of hydrogen-bond donors (Lipinski definition) is 2. The second kappa shape index (κ2) is 4.96. The van der Waals surface area contributed by atoms with Crippen LogP contribution in [0.15, 0.2) is 23.4 Å². The van der Waals surface area contributed by atoms with Gasteiger partial charge in [0.1, 0.15) is 5.75 Å². The van der Waals surface area contributed by atoms with E-state index in [1.807, 2.05) is 0 Å². The number of nitrogens with zero attached hydrogens (tertiary/aromatic N) is 1. The minimum Gasteiger partial charge on any atom is -0.507 e. The van der Waals surface area contributed by atoms with Crippen LogP contribution >= 0.6 is 0 Å². The third-order valence-corrected chi connectivity index (χ3v) is 3.41. The highest BCUT2D eigenvalue weighted by atomic mass is 16.7. The second-order valence-electron chi connectivity index (χ2n) is 4.88. The molecular formula is C14H15NO5. The summed E-state index contributed by atoms with van der Waals surface area (Å²) in [5.41, 5.74) is 0.427. The fraction of sp³-hybridized carbons (Fsp3) is 0.357. The molecule has 1 aliphatic carbocycles. The highest BCUT2D eigenvalue weighted by Gasteiger charge is 2.51. The zero-order valence-electron chi connectivity index (χ0n) is 11.2. The third-order valence-electron chi connectivity index (χ3n) is 3.41. The van der Waals surface area contributed by atoms with Crippen LogP contribution in [0.5, 0.6) is 5.75 Å². The highest BCUT2D eigenvalue weighted by Crippen LogP contribution is 2.49. The van der Waals surface area contributed by atoms with Crippen molar-refractivity contribution in [3.63, 3.8) is 0 Å². The molecule has 0 atom stereocenters. The van der Waals surface area contributed by atoms with Crippen molar-refractivity contribution in [3.05, 3.63) is 29.3 Å². The number of benzene rings is 1. The summed E-state index contributed by atoms with van der Waals surface area (Å²) in [5.74, 6) is -1.48. The van der Waals surface area contributed by atoms with Crippen LogP contribution in [0.2, 0.25) is 0 Å². The van der Waals surface area contributed by atoms with Crippen LogP contribution in [-0.4, -0.2) is 27.9 Å². The summed E-state index contributed by atoms with van der Waals surface area (Å²) in [5, 5.41) is 22.7.